The van der Waals surface area contributed by atoms with Gasteiger partial charge in [-0.3, -0.25) is 9.59 Å². The number of rotatable bonds is 5. The number of ether oxygens (including phenoxy) is 2. The summed E-state index contributed by atoms with van der Waals surface area (Å²) < 4.78 is 11.2. The minimum absolute atomic E-state index is 0.169. The van der Waals surface area contributed by atoms with E-state index in [1.54, 1.807) is 13.2 Å². The van der Waals surface area contributed by atoms with Crippen molar-refractivity contribution in [3.8, 4) is 5.75 Å². The van der Waals surface area contributed by atoms with Crippen LogP contribution in [0, 0.1) is 11.8 Å². The summed E-state index contributed by atoms with van der Waals surface area (Å²) >= 11 is 0. The van der Waals surface area contributed by atoms with Crippen LogP contribution < -0.4 is 4.74 Å². The maximum Gasteiger partial charge on any atom is 0.309 e. The van der Waals surface area contributed by atoms with Crippen LogP contribution >= 0.6 is 0 Å². The topological polar surface area (TPSA) is 72.8 Å². The SMILES string of the molecule is COc1ccccc1C1C(C(=O)O)C[C@H]1C(=O)OC1Cc2ccccc2C1. The number of esters is 1. The average Bonchev–Trinajstić information content (AvgIpc) is 3.03. The van der Waals surface area contributed by atoms with Crippen LogP contribution in [0.5, 0.6) is 5.75 Å². The van der Waals surface area contributed by atoms with Crippen molar-refractivity contribution in [2.24, 2.45) is 11.8 Å². The van der Waals surface area contributed by atoms with Crippen molar-refractivity contribution < 1.29 is 24.2 Å². The fourth-order valence-corrected chi connectivity index (χ4v) is 4.38. The van der Waals surface area contributed by atoms with Gasteiger partial charge in [0.05, 0.1) is 18.9 Å². The van der Waals surface area contributed by atoms with Gasteiger partial charge in [0.25, 0.3) is 0 Å². The number of carbonyl (C=O) groups excluding carboxylic acids is 1. The molecule has 1 N–H and O–H groups in total. The molecule has 2 unspecified atom stereocenters. The number of carboxylic acids is 1. The Labute approximate surface area is 157 Å². The second kappa shape index (κ2) is 7.06. The predicted octanol–water partition coefficient (Wildman–Crippen LogP) is 3.21. The number of aliphatic carboxylic acids is 1. The smallest absolute Gasteiger partial charge is 0.309 e. The van der Waals surface area contributed by atoms with Crippen LogP contribution in [-0.4, -0.2) is 30.3 Å². The molecule has 3 atom stereocenters. The number of fused-ring (bicyclic) bond motifs is 1. The van der Waals surface area contributed by atoms with Gasteiger partial charge in [0, 0.05) is 18.8 Å². The number of hydrogen-bond donors (Lipinski definition) is 1. The molecule has 2 aromatic rings. The third-order valence-corrected chi connectivity index (χ3v) is 5.79. The van der Waals surface area contributed by atoms with E-state index in [0.717, 1.165) is 18.4 Å². The van der Waals surface area contributed by atoms with E-state index in [0.29, 0.717) is 12.2 Å². The van der Waals surface area contributed by atoms with Gasteiger partial charge in [-0.05, 0) is 29.2 Å². The van der Waals surface area contributed by atoms with Crippen LogP contribution in [0.25, 0.3) is 0 Å². The van der Waals surface area contributed by atoms with Gasteiger partial charge in [0.2, 0.25) is 0 Å². The molecule has 0 saturated heterocycles. The maximum atomic E-state index is 12.8. The lowest BCUT2D eigenvalue weighted by Crippen LogP contribution is -2.45. The molecule has 27 heavy (non-hydrogen) atoms. The number of methoxy groups -OCH3 is 1. The van der Waals surface area contributed by atoms with Gasteiger partial charge in [-0.15, -0.1) is 0 Å². The van der Waals surface area contributed by atoms with E-state index in [1.807, 2.05) is 30.3 Å². The van der Waals surface area contributed by atoms with Crippen LogP contribution in [0.4, 0.5) is 0 Å². The predicted molar refractivity (Wildman–Crippen MR) is 98.7 cm³/mol. The Kier molecular flexibility index (Phi) is 4.60. The summed E-state index contributed by atoms with van der Waals surface area (Å²) in [6.45, 7) is 0. The lowest BCUT2D eigenvalue weighted by molar-refractivity contribution is -0.164. The van der Waals surface area contributed by atoms with Crippen LogP contribution in [0.2, 0.25) is 0 Å². The quantitative estimate of drug-likeness (QED) is 0.823. The van der Waals surface area contributed by atoms with Crippen LogP contribution in [-0.2, 0) is 27.2 Å². The van der Waals surface area contributed by atoms with Crippen molar-refractivity contribution in [2.75, 3.05) is 7.11 Å². The summed E-state index contributed by atoms with van der Waals surface area (Å²) in [7, 11) is 1.55. The van der Waals surface area contributed by atoms with Gasteiger partial charge in [0.15, 0.2) is 0 Å². The third kappa shape index (κ3) is 3.18. The lowest BCUT2D eigenvalue weighted by atomic mass is 9.61. The number of para-hydroxylation sites is 1. The molecular formula is C22H22O5. The Hall–Kier alpha value is -2.82. The molecule has 2 aliphatic rings. The molecule has 0 bridgehead atoms. The summed E-state index contributed by atoms with van der Waals surface area (Å²) in [5.41, 5.74) is 3.19. The summed E-state index contributed by atoms with van der Waals surface area (Å²) in [4.78, 5) is 24.5. The van der Waals surface area contributed by atoms with Crippen molar-refractivity contribution >= 4 is 11.9 Å². The van der Waals surface area contributed by atoms with Crippen molar-refractivity contribution in [1.29, 1.82) is 0 Å². The normalized spacial score (nSPS) is 24.0. The first-order valence-electron chi connectivity index (χ1n) is 9.21. The molecule has 0 amide bonds. The number of benzene rings is 2. The van der Waals surface area contributed by atoms with Gasteiger partial charge >= 0.3 is 11.9 Å². The van der Waals surface area contributed by atoms with E-state index in [-0.39, 0.29) is 12.1 Å². The van der Waals surface area contributed by atoms with Gasteiger partial charge in [0.1, 0.15) is 11.9 Å². The van der Waals surface area contributed by atoms with Crippen LogP contribution in [0.15, 0.2) is 48.5 Å². The molecule has 4 rings (SSSR count). The zero-order valence-electron chi connectivity index (χ0n) is 15.1. The Bertz CT molecular complexity index is 850. The molecule has 1 saturated carbocycles. The van der Waals surface area contributed by atoms with E-state index in [9.17, 15) is 14.7 Å². The molecule has 0 aliphatic heterocycles. The van der Waals surface area contributed by atoms with Gasteiger partial charge < -0.3 is 14.6 Å². The number of carbonyl (C=O) groups is 2. The second-order valence-electron chi connectivity index (χ2n) is 7.29. The average molecular weight is 366 g/mol. The maximum absolute atomic E-state index is 12.8. The largest absolute Gasteiger partial charge is 0.496 e. The number of hydrogen-bond acceptors (Lipinski definition) is 4. The standard InChI is InChI=1S/C22H22O5/c1-26-19-9-5-4-8-16(19)20-17(21(23)24)12-18(20)22(25)27-15-10-13-6-2-3-7-14(13)11-15/h2-9,15,17-18,20H,10-12H2,1H3,(H,23,24)/t17?,18-,20?/m1/s1. The van der Waals surface area contributed by atoms with E-state index in [4.69, 9.17) is 9.47 Å². The molecule has 0 heterocycles. The molecule has 140 valence electrons. The minimum atomic E-state index is -0.886. The molecule has 0 radical (unpaired) electrons. The van der Waals surface area contributed by atoms with Crippen molar-refractivity contribution in [3.05, 3.63) is 65.2 Å². The number of carboxylic acid groups (broad SMARTS) is 1. The van der Waals surface area contributed by atoms with Gasteiger partial charge in [-0.1, -0.05) is 42.5 Å². The van der Waals surface area contributed by atoms with E-state index < -0.39 is 23.7 Å². The molecule has 1 fully saturated rings. The highest BCUT2D eigenvalue weighted by molar-refractivity contribution is 5.82. The Balaban J connectivity index is 1.51. The van der Waals surface area contributed by atoms with Crippen molar-refractivity contribution in [2.45, 2.75) is 31.3 Å². The molecule has 5 nitrogen and oxygen atoms in total. The van der Waals surface area contributed by atoms with E-state index in [1.165, 1.54) is 11.1 Å². The molecule has 2 aliphatic carbocycles. The highest BCUT2D eigenvalue weighted by Crippen LogP contribution is 2.51. The van der Waals surface area contributed by atoms with Gasteiger partial charge in [-0.2, -0.15) is 0 Å². The summed E-state index contributed by atoms with van der Waals surface area (Å²) in [6, 6.07) is 15.4. The molecule has 0 spiro atoms. The van der Waals surface area contributed by atoms with E-state index in [2.05, 4.69) is 12.1 Å². The fourth-order valence-electron chi connectivity index (χ4n) is 4.38. The summed E-state index contributed by atoms with van der Waals surface area (Å²) in [5.74, 6) is -2.05. The van der Waals surface area contributed by atoms with Crippen molar-refractivity contribution in [3.63, 3.8) is 0 Å². The van der Waals surface area contributed by atoms with Crippen molar-refractivity contribution in [1.82, 2.24) is 0 Å². The van der Waals surface area contributed by atoms with Gasteiger partial charge in [-0.25, -0.2) is 0 Å². The minimum Gasteiger partial charge on any atom is -0.496 e. The summed E-state index contributed by atoms with van der Waals surface area (Å²) in [6.07, 6.45) is 1.57. The molecule has 2 aromatic carbocycles. The monoisotopic (exact) mass is 366 g/mol. The third-order valence-electron chi connectivity index (χ3n) is 5.79. The zero-order chi connectivity index (χ0) is 19.0. The highest BCUT2D eigenvalue weighted by Gasteiger charge is 2.52. The molecule has 0 aromatic heterocycles. The first-order chi connectivity index (χ1) is 13.1. The first kappa shape index (κ1) is 17.6. The summed E-state index contributed by atoms with van der Waals surface area (Å²) in [5, 5.41) is 9.54. The Morgan fingerprint density at radius 2 is 1.59 bits per heavy atom. The lowest BCUT2D eigenvalue weighted by Gasteiger charge is -2.41. The van der Waals surface area contributed by atoms with E-state index >= 15 is 0 Å². The second-order valence-corrected chi connectivity index (χ2v) is 7.29. The zero-order valence-corrected chi connectivity index (χ0v) is 15.1. The molecule has 5 heteroatoms. The van der Waals surface area contributed by atoms with Crippen LogP contribution in [0.1, 0.15) is 29.0 Å². The Morgan fingerprint density at radius 3 is 2.22 bits per heavy atom. The fraction of sp³-hybridized carbons (Fsp3) is 0.364. The first-order valence-corrected chi connectivity index (χ1v) is 9.21. The highest BCUT2D eigenvalue weighted by atomic mass is 16.5. The van der Waals surface area contributed by atoms with Crippen LogP contribution in [0.3, 0.4) is 0 Å². The Morgan fingerprint density at radius 1 is 0.963 bits per heavy atom. The molecular weight excluding hydrogens is 344 g/mol.